The van der Waals surface area contributed by atoms with Crippen LogP contribution in [0.25, 0.3) is 55.7 Å². The first kappa shape index (κ1) is 20.0. The molecule has 1 aliphatic carbocycles. The van der Waals surface area contributed by atoms with E-state index in [9.17, 15) is 5.11 Å². The Hall–Kier alpha value is -4.44. The number of phenols is 1. The van der Waals surface area contributed by atoms with Crippen LogP contribution in [0, 0.1) is 0 Å². The Morgan fingerprint density at radius 1 is 0.743 bits per heavy atom. The van der Waals surface area contributed by atoms with Crippen molar-refractivity contribution in [3.8, 4) is 39.4 Å². The maximum atomic E-state index is 10.4. The zero-order chi connectivity index (χ0) is 23.7. The molecule has 168 valence electrons. The van der Waals surface area contributed by atoms with Gasteiger partial charge in [-0.3, -0.25) is 4.98 Å². The molecule has 4 nitrogen and oxygen atoms in total. The summed E-state index contributed by atoms with van der Waals surface area (Å²) in [6, 6.07) is 28.0. The lowest BCUT2D eigenvalue weighted by Crippen LogP contribution is -2.14. The third-order valence-corrected chi connectivity index (χ3v) is 7.26. The van der Waals surface area contributed by atoms with Gasteiger partial charge >= 0.3 is 0 Å². The monoisotopic (exact) mass is 454 g/mol. The molecule has 1 N–H and O–H groups in total. The maximum absolute atomic E-state index is 10.4. The summed E-state index contributed by atoms with van der Waals surface area (Å²) in [5.74, 6) is 0.212. The van der Waals surface area contributed by atoms with Crippen LogP contribution >= 0.6 is 0 Å². The van der Waals surface area contributed by atoms with Crippen molar-refractivity contribution >= 4 is 22.1 Å². The Morgan fingerprint density at radius 3 is 2.37 bits per heavy atom. The second kappa shape index (κ2) is 7.03. The molecule has 0 spiro atoms. The lowest BCUT2D eigenvalue weighted by atomic mass is 9.82. The summed E-state index contributed by atoms with van der Waals surface area (Å²) >= 11 is 0. The van der Waals surface area contributed by atoms with Crippen molar-refractivity contribution in [1.29, 1.82) is 0 Å². The van der Waals surface area contributed by atoms with Crippen molar-refractivity contribution in [2.24, 2.45) is 0 Å². The van der Waals surface area contributed by atoms with E-state index in [2.05, 4.69) is 49.2 Å². The van der Waals surface area contributed by atoms with E-state index >= 15 is 0 Å². The molecule has 0 saturated heterocycles. The minimum absolute atomic E-state index is 0.152. The van der Waals surface area contributed by atoms with E-state index in [0.717, 1.165) is 39.0 Å². The first-order chi connectivity index (χ1) is 17.0. The highest BCUT2D eigenvalue weighted by Crippen LogP contribution is 2.53. The summed E-state index contributed by atoms with van der Waals surface area (Å²) in [4.78, 5) is 9.58. The number of hydrogen-bond acceptors (Lipinski definition) is 4. The number of aromatic nitrogens is 2. The van der Waals surface area contributed by atoms with Gasteiger partial charge in [-0.2, -0.15) is 0 Å². The van der Waals surface area contributed by atoms with Crippen molar-refractivity contribution < 1.29 is 9.52 Å². The predicted molar refractivity (Wildman–Crippen MR) is 139 cm³/mol. The fraction of sp³-hybridized carbons (Fsp3) is 0.0968. The minimum Gasteiger partial charge on any atom is -0.507 e. The largest absolute Gasteiger partial charge is 0.507 e. The fourth-order valence-electron chi connectivity index (χ4n) is 5.50. The van der Waals surface area contributed by atoms with E-state index in [0.29, 0.717) is 5.56 Å². The van der Waals surface area contributed by atoms with E-state index in [1.54, 1.807) is 6.07 Å². The number of furan rings is 1. The SMILES string of the molecule is CC1(C)c2ccc(-c3ccccn3)cc2-c2c1ccc1oc3ccc(-c4ccccc4O)nc3c21. The van der Waals surface area contributed by atoms with Crippen LogP contribution in [0.5, 0.6) is 5.75 Å². The van der Waals surface area contributed by atoms with Gasteiger partial charge in [0.05, 0.1) is 16.8 Å². The number of aromatic hydroxyl groups is 1. The quantitative estimate of drug-likeness (QED) is 0.291. The Bertz CT molecular complexity index is 1780. The molecule has 7 rings (SSSR count). The normalized spacial score (nSPS) is 13.8. The van der Waals surface area contributed by atoms with Crippen molar-refractivity contribution in [1.82, 2.24) is 9.97 Å². The molecule has 4 heteroatoms. The van der Waals surface area contributed by atoms with Crippen LogP contribution in [-0.2, 0) is 5.41 Å². The molecule has 0 saturated carbocycles. The number of benzene rings is 3. The van der Waals surface area contributed by atoms with Crippen LogP contribution in [0.3, 0.4) is 0 Å². The number of phenolic OH excluding ortho intramolecular Hbond substituents is 1. The lowest BCUT2D eigenvalue weighted by molar-refractivity contribution is 0.477. The molecule has 0 aliphatic heterocycles. The van der Waals surface area contributed by atoms with Gasteiger partial charge in [-0.25, -0.2) is 4.98 Å². The highest BCUT2D eigenvalue weighted by Gasteiger charge is 2.37. The molecule has 3 aromatic heterocycles. The van der Waals surface area contributed by atoms with E-state index in [-0.39, 0.29) is 11.2 Å². The molecule has 3 heterocycles. The number of para-hydroxylation sites is 1. The smallest absolute Gasteiger partial charge is 0.153 e. The third kappa shape index (κ3) is 2.80. The summed E-state index contributed by atoms with van der Waals surface area (Å²) in [7, 11) is 0. The average Bonchev–Trinajstić information content (AvgIpc) is 3.36. The van der Waals surface area contributed by atoms with Gasteiger partial charge in [0, 0.05) is 22.7 Å². The summed E-state index contributed by atoms with van der Waals surface area (Å²) in [5, 5.41) is 11.4. The van der Waals surface area contributed by atoms with Gasteiger partial charge < -0.3 is 9.52 Å². The molecule has 0 unspecified atom stereocenters. The van der Waals surface area contributed by atoms with E-state index < -0.39 is 0 Å². The Kier molecular flexibility index (Phi) is 4.01. The molecule has 0 fully saturated rings. The third-order valence-electron chi connectivity index (χ3n) is 7.26. The van der Waals surface area contributed by atoms with Crippen LogP contribution in [0.1, 0.15) is 25.0 Å². The van der Waals surface area contributed by atoms with Crippen LogP contribution in [-0.4, -0.2) is 15.1 Å². The molecule has 0 radical (unpaired) electrons. The van der Waals surface area contributed by atoms with E-state index in [1.807, 2.05) is 54.7 Å². The standard InChI is InChI=1S/C31H22N2O2/c1-31(2)21-11-10-18(23-8-5-6-16-32-23)17-20(21)28-22(31)12-14-26-29(28)30-27(35-26)15-13-24(33-30)19-7-3-4-9-25(19)34/h3-17,34H,1-2H3. The fourth-order valence-corrected chi connectivity index (χ4v) is 5.50. The van der Waals surface area contributed by atoms with Crippen LogP contribution in [0.4, 0.5) is 0 Å². The summed E-state index contributed by atoms with van der Waals surface area (Å²) in [5.41, 5.74) is 10.6. The van der Waals surface area contributed by atoms with Crippen molar-refractivity contribution in [3.63, 3.8) is 0 Å². The second-order valence-corrected chi connectivity index (χ2v) is 9.62. The maximum Gasteiger partial charge on any atom is 0.153 e. The summed E-state index contributed by atoms with van der Waals surface area (Å²) in [6.45, 7) is 4.54. The molecular weight excluding hydrogens is 432 g/mol. The Balaban J connectivity index is 1.55. The van der Waals surface area contributed by atoms with Gasteiger partial charge in [-0.05, 0) is 70.8 Å². The van der Waals surface area contributed by atoms with Crippen molar-refractivity contribution in [2.75, 3.05) is 0 Å². The summed E-state index contributed by atoms with van der Waals surface area (Å²) < 4.78 is 6.26. The van der Waals surface area contributed by atoms with Crippen LogP contribution in [0.15, 0.2) is 95.5 Å². The highest BCUT2D eigenvalue weighted by molar-refractivity contribution is 6.14. The lowest BCUT2D eigenvalue weighted by Gasteiger charge is -2.21. The molecule has 3 aromatic carbocycles. The highest BCUT2D eigenvalue weighted by atomic mass is 16.3. The topological polar surface area (TPSA) is 59.2 Å². The van der Waals surface area contributed by atoms with Crippen molar-refractivity contribution in [3.05, 3.63) is 102 Å². The number of hydrogen-bond donors (Lipinski definition) is 1. The Labute approximate surface area is 202 Å². The molecule has 0 amide bonds. The molecule has 35 heavy (non-hydrogen) atoms. The number of pyridine rings is 2. The molecule has 6 aromatic rings. The first-order valence-electron chi connectivity index (χ1n) is 11.7. The number of rotatable bonds is 2. The Morgan fingerprint density at radius 2 is 1.54 bits per heavy atom. The second-order valence-electron chi connectivity index (χ2n) is 9.62. The zero-order valence-electron chi connectivity index (χ0n) is 19.4. The van der Waals surface area contributed by atoms with Gasteiger partial charge in [0.2, 0.25) is 0 Å². The summed E-state index contributed by atoms with van der Waals surface area (Å²) in [6.07, 6.45) is 1.83. The number of nitrogens with zero attached hydrogens (tertiary/aromatic N) is 2. The van der Waals surface area contributed by atoms with Crippen molar-refractivity contribution in [2.45, 2.75) is 19.3 Å². The zero-order valence-corrected chi connectivity index (χ0v) is 19.4. The van der Waals surface area contributed by atoms with Gasteiger partial charge in [0.1, 0.15) is 16.8 Å². The number of fused-ring (bicyclic) bond motifs is 7. The first-order valence-corrected chi connectivity index (χ1v) is 11.7. The molecule has 1 aliphatic rings. The average molecular weight is 455 g/mol. The predicted octanol–water partition coefficient (Wildman–Crippen LogP) is 7.72. The van der Waals surface area contributed by atoms with E-state index in [1.165, 1.54) is 22.3 Å². The molecular formula is C31H22N2O2. The molecule has 0 bridgehead atoms. The molecule has 0 atom stereocenters. The van der Waals surface area contributed by atoms with Gasteiger partial charge in [-0.1, -0.05) is 50.2 Å². The van der Waals surface area contributed by atoms with Crippen LogP contribution in [0.2, 0.25) is 0 Å². The van der Waals surface area contributed by atoms with Gasteiger partial charge in [0.25, 0.3) is 0 Å². The van der Waals surface area contributed by atoms with Crippen LogP contribution < -0.4 is 0 Å². The van der Waals surface area contributed by atoms with E-state index in [4.69, 9.17) is 9.40 Å². The van der Waals surface area contributed by atoms with Gasteiger partial charge in [0.15, 0.2) is 5.58 Å². The minimum atomic E-state index is -0.152. The van der Waals surface area contributed by atoms with Gasteiger partial charge in [-0.15, -0.1) is 0 Å².